The van der Waals surface area contributed by atoms with E-state index in [9.17, 15) is 0 Å². The van der Waals surface area contributed by atoms with Crippen molar-refractivity contribution in [1.29, 1.82) is 5.26 Å². The van der Waals surface area contributed by atoms with Crippen LogP contribution in [0.4, 0.5) is 0 Å². The summed E-state index contributed by atoms with van der Waals surface area (Å²) in [5.41, 5.74) is 10.5. The predicted molar refractivity (Wildman–Crippen MR) is 191 cm³/mol. The molecule has 0 amide bonds. The molecule has 2 aliphatic rings. The molecular formula is C35H55N7S. The molecule has 0 bridgehead atoms. The summed E-state index contributed by atoms with van der Waals surface area (Å²) in [4.78, 5) is 8.94. The number of hydrazone groups is 1. The third kappa shape index (κ3) is 12.6. The van der Waals surface area contributed by atoms with Crippen molar-refractivity contribution >= 4 is 28.2 Å². The van der Waals surface area contributed by atoms with E-state index >= 15 is 0 Å². The van der Waals surface area contributed by atoms with Crippen LogP contribution in [0.1, 0.15) is 52.4 Å². The monoisotopic (exact) mass is 605 g/mol. The second kappa shape index (κ2) is 19.3. The number of aliphatic imine (C=N–C) groups is 2. The van der Waals surface area contributed by atoms with Crippen LogP contribution in [-0.4, -0.2) is 79.4 Å². The molecule has 8 heteroatoms. The maximum atomic E-state index is 8.96. The molecule has 236 valence electrons. The van der Waals surface area contributed by atoms with Gasteiger partial charge in [-0.1, -0.05) is 64.2 Å². The molecule has 1 saturated carbocycles. The van der Waals surface area contributed by atoms with Crippen LogP contribution < -0.4 is 11.1 Å². The van der Waals surface area contributed by atoms with Crippen LogP contribution in [0.5, 0.6) is 0 Å². The third-order valence-electron chi connectivity index (χ3n) is 8.12. The normalized spacial score (nSPS) is 25.0. The minimum Gasteiger partial charge on any atom is -0.324 e. The molecule has 2 fully saturated rings. The largest absolute Gasteiger partial charge is 0.324 e. The lowest BCUT2D eigenvalue weighted by molar-refractivity contribution is 0.451. The van der Waals surface area contributed by atoms with Crippen molar-refractivity contribution in [2.75, 3.05) is 44.9 Å². The average molecular weight is 606 g/mol. The lowest BCUT2D eigenvalue weighted by Gasteiger charge is -2.24. The third-order valence-corrected chi connectivity index (χ3v) is 12.6. The van der Waals surface area contributed by atoms with E-state index < -0.39 is 10.0 Å². The smallest absolute Gasteiger partial charge is 0.0944 e. The first-order valence-corrected chi connectivity index (χ1v) is 17.8. The molecule has 4 atom stereocenters. The zero-order chi connectivity index (χ0) is 31.7. The number of rotatable bonds is 19. The molecule has 0 radical (unpaired) electrons. The maximum absolute atomic E-state index is 8.96. The van der Waals surface area contributed by atoms with Crippen molar-refractivity contribution in [3.8, 4) is 6.07 Å². The number of hydrogen-bond acceptors (Lipinski definition) is 7. The SMILES string of the molecule is C=C/C(CC)=N\C=C\CS1(CC(C)/C=C(\C=N/C)/C=C/C(=C\N(C)/N=C\CC(=C)C#N)C(N)C2CCCC2)CC1CNC. The van der Waals surface area contributed by atoms with Gasteiger partial charge in [0.25, 0.3) is 0 Å². The van der Waals surface area contributed by atoms with Crippen molar-refractivity contribution < 1.29 is 0 Å². The highest BCUT2D eigenvalue weighted by atomic mass is 32.3. The van der Waals surface area contributed by atoms with Crippen LogP contribution in [0.2, 0.25) is 0 Å². The van der Waals surface area contributed by atoms with Gasteiger partial charge in [-0.2, -0.15) is 10.4 Å². The summed E-state index contributed by atoms with van der Waals surface area (Å²) in [5, 5.41) is 19.4. The highest BCUT2D eigenvalue weighted by molar-refractivity contribution is 8.40. The van der Waals surface area contributed by atoms with Crippen LogP contribution in [0.3, 0.4) is 0 Å². The highest BCUT2D eigenvalue weighted by Gasteiger charge is 2.47. The molecule has 0 aromatic rings. The number of allylic oxidation sites excluding steroid dienone is 5. The van der Waals surface area contributed by atoms with Gasteiger partial charge in [0.15, 0.2) is 0 Å². The first-order valence-electron chi connectivity index (χ1n) is 15.6. The molecule has 3 N–H and O–H groups in total. The summed E-state index contributed by atoms with van der Waals surface area (Å²) in [6.45, 7) is 13.1. The molecule has 1 aliphatic carbocycles. The van der Waals surface area contributed by atoms with E-state index in [1.165, 1.54) is 24.3 Å². The number of hydrogen-bond donors (Lipinski definition) is 2. The minimum absolute atomic E-state index is 0.0621. The van der Waals surface area contributed by atoms with Gasteiger partial charge in [0.1, 0.15) is 0 Å². The Bertz CT molecular complexity index is 1160. The summed E-state index contributed by atoms with van der Waals surface area (Å²) >= 11 is 0. The fraction of sp³-hybridized carbons (Fsp3) is 0.543. The van der Waals surface area contributed by atoms with Gasteiger partial charge in [0, 0.05) is 74.5 Å². The molecule has 0 aromatic carbocycles. The summed E-state index contributed by atoms with van der Waals surface area (Å²) < 4.78 is 0. The van der Waals surface area contributed by atoms with Gasteiger partial charge in [0.05, 0.1) is 6.07 Å². The van der Waals surface area contributed by atoms with Crippen molar-refractivity contribution in [2.45, 2.75) is 63.7 Å². The first kappa shape index (κ1) is 36.2. The van der Waals surface area contributed by atoms with Gasteiger partial charge in [-0.15, -0.1) is 0 Å². The van der Waals surface area contributed by atoms with E-state index in [1.54, 1.807) is 11.2 Å². The Balaban J connectivity index is 2.24. The van der Waals surface area contributed by atoms with Gasteiger partial charge in [-0.3, -0.25) is 15.0 Å². The van der Waals surface area contributed by atoms with Crippen molar-refractivity contribution in [2.24, 2.45) is 32.7 Å². The lowest BCUT2D eigenvalue weighted by atomic mass is 9.92. The van der Waals surface area contributed by atoms with Gasteiger partial charge in [-0.05, 0) is 72.6 Å². The predicted octanol–water partition coefficient (Wildman–Crippen LogP) is 6.55. The van der Waals surface area contributed by atoms with Gasteiger partial charge < -0.3 is 11.1 Å². The topological polar surface area (TPSA) is 102 Å². The molecular weight excluding hydrogens is 551 g/mol. The first-order chi connectivity index (χ1) is 20.7. The van der Waals surface area contributed by atoms with E-state index in [0.29, 0.717) is 23.8 Å². The standard InChI is InChI=1S/C35H55N7S/c1-8-33(9-2)40-18-12-20-43(27-34(43)24-39-6)26-29(4)21-30(23-38-5)15-16-32(35(37)31-13-10-11-14-31)25-42(7)41-19-17-28(3)22-36/h8,12,15-16,18-19,21,23,25,29,31,34-35,39H,1,3,9-11,13-14,17,20,24,26-27,37H2,2,4-7H3/b16-15+,18-12+,30-21-,32-25+,38-23-,40-33+,41-19-. The second-order valence-electron chi connectivity index (χ2n) is 11.7. The fourth-order valence-electron chi connectivity index (χ4n) is 5.73. The summed E-state index contributed by atoms with van der Waals surface area (Å²) in [7, 11) is 5.04. The van der Waals surface area contributed by atoms with Crippen molar-refractivity contribution in [3.05, 3.63) is 72.7 Å². The Morgan fingerprint density at radius 1 is 1.28 bits per heavy atom. The number of nitrogens with one attached hydrogen (secondary N) is 1. The second-order valence-corrected chi connectivity index (χ2v) is 15.6. The fourth-order valence-corrected chi connectivity index (χ4v) is 10.2. The molecule has 1 heterocycles. The van der Waals surface area contributed by atoms with Gasteiger partial charge >= 0.3 is 0 Å². The summed E-state index contributed by atoms with van der Waals surface area (Å²) in [6.07, 6.45) is 24.5. The van der Waals surface area contributed by atoms with Crippen LogP contribution in [0.25, 0.3) is 0 Å². The quantitative estimate of drug-likeness (QED) is 0.0573. The van der Waals surface area contributed by atoms with Crippen LogP contribution in [-0.2, 0) is 0 Å². The maximum Gasteiger partial charge on any atom is 0.0944 e. The van der Waals surface area contributed by atoms with E-state index in [4.69, 9.17) is 11.0 Å². The Kier molecular flexibility index (Phi) is 16.3. The highest BCUT2D eigenvalue weighted by Crippen LogP contribution is 2.68. The summed E-state index contributed by atoms with van der Waals surface area (Å²) in [5.74, 6) is 4.51. The van der Waals surface area contributed by atoms with E-state index in [-0.39, 0.29) is 6.04 Å². The molecule has 43 heavy (non-hydrogen) atoms. The van der Waals surface area contributed by atoms with E-state index in [0.717, 1.165) is 53.7 Å². The van der Waals surface area contributed by atoms with Crippen LogP contribution in [0, 0.1) is 23.2 Å². The van der Waals surface area contributed by atoms with E-state index in [2.05, 4.69) is 84.8 Å². The molecule has 1 aliphatic heterocycles. The average Bonchev–Trinajstić information content (AvgIpc) is 3.37. The zero-order valence-corrected chi connectivity index (χ0v) is 28.0. The van der Waals surface area contributed by atoms with E-state index in [1.807, 2.05) is 38.8 Å². The Hall–Kier alpha value is -2.99. The number of nitrogens with zero attached hydrogens (tertiary/aromatic N) is 5. The van der Waals surface area contributed by atoms with Crippen molar-refractivity contribution in [3.63, 3.8) is 0 Å². The molecule has 0 aromatic heterocycles. The van der Waals surface area contributed by atoms with Gasteiger partial charge in [-0.25, -0.2) is 10.0 Å². The van der Waals surface area contributed by atoms with Crippen LogP contribution in [0.15, 0.2) is 87.7 Å². The molecule has 7 nitrogen and oxygen atoms in total. The molecule has 0 spiro atoms. The lowest BCUT2D eigenvalue weighted by Crippen LogP contribution is -2.30. The molecule has 1 saturated heterocycles. The molecule has 4 unspecified atom stereocenters. The zero-order valence-electron chi connectivity index (χ0n) is 27.2. The Morgan fingerprint density at radius 2 is 2.02 bits per heavy atom. The Morgan fingerprint density at radius 3 is 2.65 bits per heavy atom. The van der Waals surface area contributed by atoms with Gasteiger partial charge in [0.2, 0.25) is 0 Å². The summed E-state index contributed by atoms with van der Waals surface area (Å²) in [6, 6.07) is 2.00. The van der Waals surface area contributed by atoms with Crippen molar-refractivity contribution in [1.82, 2.24) is 10.3 Å². The Labute approximate surface area is 263 Å². The number of nitrogens with two attached hydrogens (primary N) is 1. The van der Waals surface area contributed by atoms with Crippen LogP contribution >= 0.6 is 10.0 Å². The molecule has 2 rings (SSSR count). The number of nitriles is 1. The minimum atomic E-state index is -0.732.